The molecule has 3 nitrogen and oxygen atoms in total. The molecule has 2 rings (SSSR count). The van der Waals surface area contributed by atoms with Crippen LogP contribution in [0.3, 0.4) is 0 Å². The lowest BCUT2D eigenvalue weighted by Gasteiger charge is -2.27. The average molecular weight is 340 g/mol. The van der Waals surface area contributed by atoms with Gasteiger partial charge in [0.15, 0.2) is 0 Å². The Balaban J connectivity index is 2.27. The minimum atomic E-state index is -0.458. The molecule has 0 aliphatic carbocycles. The molecule has 1 fully saturated rings. The highest BCUT2D eigenvalue weighted by Gasteiger charge is 2.35. The van der Waals surface area contributed by atoms with Gasteiger partial charge < -0.3 is 10.1 Å². The van der Waals surface area contributed by atoms with Crippen molar-refractivity contribution in [3.63, 3.8) is 0 Å². The number of halogens is 1. The van der Waals surface area contributed by atoms with Gasteiger partial charge in [0.1, 0.15) is 5.60 Å². The maximum atomic E-state index is 12.6. The Hall–Kier alpha value is -0.870. The minimum absolute atomic E-state index is 0.144. The first-order chi connectivity index (χ1) is 9.37. The van der Waals surface area contributed by atoms with E-state index in [-0.39, 0.29) is 17.9 Å². The summed E-state index contributed by atoms with van der Waals surface area (Å²) in [6.45, 7) is 6.69. The summed E-state index contributed by atoms with van der Waals surface area (Å²) in [6, 6.07) is 8.11. The van der Waals surface area contributed by atoms with Crippen LogP contribution in [0.1, 0.15) is 45.1 Å². The molecule has 1 aliphatic rings. The standard InChI is InChI=1S/C16H22BrNO2/c1-16(2,3)20-15(19)14(13-8-5-9-18-13)11-6-4-7-12(17)10-11/h4,6-7,10,13-14,18H,5,8-9H2,1-3H3/t13-,14+/m1/s1. The second-order valence-corrected chi connectivity index (χ2v) is 7.18. The summed E-state index contributed by atoms with van der Waals surface area (Å²) in [5.41, 5.74) is 0.549. The van der Waals surface area contributed by atoms with Crippen LogP contribution in [-0.2, 0) is 9.53 Å². The number of rotatable bonds is 3. The molecule has 2 atom stereocenters. The third kappa shape index (κ3) is 4.06. The third-order valence-electron chi connectivity index (χ3n) is 3.37. The molecule has 1 saturated heterocycles. The molecule has 1 aliphatic heterocycles. The molecule has 1 aromatic rings. The molecule has 0 aromatic heterocycles. The largest absolute Gasteiger partial charge is 0.459 e. The van der Waals surface area contributed by atoms with E-state index in [4.69, 9.17) is 4.74 Å². The van der Waals surface area contributed by atoms with Crippen LogP contribution in [0.4, 0.5) is 0 Å². The predicted molar refractivity (Wildman–Crippen MR) is 83.8 cm³/mol. The number of hydrogen-bond donors (Lipinski definition) is 1. The Labute approximate surface area is 129 Å². The molecule has 1 heterocycles. The van der Waals surface area contributed by atoms with Crippen LogP contribution in [0.15, 0.2) is 28.7 Å². The van der Waals surface area contributed by atoms with Crippen molar-refractivity contribution in [1.29, 1.82) is 0 Å². The summed E-state index contributed by atoms with van der Waals surface area (Å²) in [6.07, 6.45) is 2.12. The van der Waals surface area contributed by atoms with Crippen LogP contribution in [0, 0.1) is 0 Å². The smallest absolute Gasteiger partial charge is 0.315 e. The second-order valence-electron chi connectivity index (χ2n) is 6.27. The number of carbonyl (C=O) groups excluding carboxylic acids is 1. The van der Waals surface area contributed by atoms with Crippen molar-refractivity contribution in [1.82, 2.24) is 5.32 Å². The zero-order chi connectivity index (χ0) is 14.8. The van der Waals surface area contributed by atoms with E-state index in [2.05, 4.69) is 21.2 Å². The molecule has 0 saturated carbocycles. The zero-order valence-corrected chi connectivity index (χ0v) is 13.9. The van der Waals surface area contributed by atoms with E-state index in [0.717, 1.165) is 29.4 Å². The first kappa shape index (κ1) is 15.5. The molecule has 1 aromatic carbocycles. The Morgan fingerprint density at radius 3 is 2.75 bits per heavy atom. The number of carbonyl (C=O) groups is 1. The summed E-state index contributed by atoms with van der Waals surface area (Å²) >= 11 is 3.48. The van der Waals surface area contributed by atoms with Crippen LogP contribution in [0.2, 0.25) is 0 Å². The van der Waals surface area contributed by atoms with Gasteiger partial charge in [0.2, 0.25) is 0 Å². The Morgan fingerprint density at radius 2 is 2.20 bits per heavy atom. The number of ether oxygens (including phenoxy) is 1. The van der Waals surface area contributed by atoms with Crippen molar-refractivity contribution < 1.29 is 9.53 Å². The third-order valence-corrected chi connectivity index (χ3v) is 3.86. The highest BCUT2D eigenvalue weighted by atomic mass is 79.9. The quantitative estimate of drug-likeness (QED) is 0.854. The van der Waals surface area contributed by atoms with Crippen LogP contribution < -0.4 is 5.32 Å². The van der Waals surface area contributed by atoms with Crippen LogP contribution in [-0.4, -0.2) is 24.2 Å². The number of nitrogens with one attached hydrogen (secondary N) is 1. The Kier molecular flexibility index (Phi) is 4.86. The zero-order valence-electron chi connectivity index (χ0n) is 12.3. The predicted octanol–water partition coefficient (Wildman–Crippen LogP) is 3.63. The van der Waals surface area contributed by atoms with Crippen LogP contribution in [0.5, 0.6) is 0 Å². The summed E-state index contributed by atoms with van der Waals surface area (Å²) in [4.78, 5) is 12.6. The van der Waals surface area contributed by atoms with E-state index in [1.807, 2.05) is 45.0 Å². The highest BCUT2D eigenvalue weighted by Crippen LogP contribution is 2.30. The topological polar surface area (TPSA) is 38.3 Å². The first-order valence-corrected chi connectivity index (χ1v) is 7.88. The molecule has 110 valence electrons. The van der Waals surface area contributed by atoms with Gasteiger partial charge in [-0.1, -0.05) is 28.1 Å². The summed E-state index contributed by atoms with van der Waals surface area (Å²) in [7, 11) is 0. The fourth-order valence-corrected chi connectivity index (χ4v) is 3.01. The Morgan fingerprint density at radius 1 is 1.45 bits per heavy atom. The van der Waals surface area contributed by atoms with Crippen molar-refractivity contribution in [2.24, 2.45) is 0 Å². The Bertz CT molecular complexity index is 476. The lowest BCUT2D eigenvalue weighted by Crippen LogP contribution is -2.37. The minimum Gasteiger partial charge on any atom is -0.459 e. The van der Waals surface area contributed by atoms with Gasteiger partial charge in [0.25, 0.3) is 0 Å². The number of hydrogen-bond acceptors (Lipinski definition) is 3. The van der Waals surface area contributed by atoms with Crippen molar-refractivity contribution in [2.45, 2.75) is 51.2 Å². The van der Waals surface area contributed by atoms with Gasteiger partial charge >= 0.3 is 5.97 Å². The lowest BCUT2D eigenvalue weighted by molar-refractivity contribution is -0.157. The van der Waals surface area contributed by atoms with Gasteiger partial charge in [-0.05, 0) is 57.9 Å². The van der Waals surface area contributed by atoms with E-state index in [0.29, 0.717) is 0 Å². The van der Waals surface area contributed by atoms with Gasteiger partial charge in [-0.3, -0.25) is 4.79 Å². The first-order valence-electron chi connectivity index (χ1n) is 7.08. The van der Waals surface area contributed by atoms with Gasteiger partial charge in [-0.2, -0.15) is 0 Å². The molecule has 20 heavy (non-hydrogen) atoms. The van der Waals surface area contributed by atoms with E-state index in [1.165, 1.54) is 0 Å². The summed E-state index contributed by atoms with van der Waals surface area (Å²) in [5, 5.41) is 3.43. The molecule has 0 radical (unpaired) electrons. The molecule has 4 heteroatoms. The molecule has 0 bridgehead atoms. The van der Waals surface area contributed by atoms with Crippen molar-refractivity contribution in [3.8, 4) is 0 Å². The van der Waals surface area contributed by atoms with E-state index in [9.17, 15) is 4.79 Å². The lowest BCUT2D eigenvalue weighted by atomic mass is 9.90. The van der Waals surface area contributed by atoms with Crippen molar-refractivity contribution in [2.75, 3.05) is 6.54 Å². The average Bonchev–Trinajstić information content (AvgIpc) is 2.80. The van der Waals surface area contributed by atoms with Gasteiger partial charge in [-0.25, -0.2) is 0 Å². The fourth-order valence-electron chi connectivity index (χ4n) is 2.59. The maximum absolute atomic E-state index is 12.6. The molecule has 0 spiro atoms. The van der Waals surface area contributed by atoms with E-state index >= 15 is 0 Å². The fraction of sp³-hybridized carbons (Fsp3) is 0.562. The van der Waals surface area contributed by atoms with E-state index < -0.39 is 5.60 Å². The summed E-state index contributed by atoms with van der Waals surface area (Å²) in [5.74, 6) is -0.385. The number of benzene rings is 1. The molecular weight excluding hydrogens is 318 g/mol. The monoisotopic (exact) mass is 339 g/mol. The van der Waals surface area contributed by atoms with E-state index in [1.54, 1.807) is 0 Å². The van der Waals surface area contributed by atoms with Crippen LogP contribution >= 0.6 is 15.9 Å². The normalized spacial score (nSPS) is 20.7. The number of esters is 1. The molecule has 1 N–H and O–H groups in total. The van der Waals surface area contributed by atoms with Crippen molar-refractivity contribution >= 4 is 21.9 Å². The van der Waals surface area contributed by atoms with Gasteiger partial charge in [0.05, 0.1) is 5.92 Å². The molecule has 0 amide bonds. The second kappa shape index (κ2) is 6.27. The van der Waals surface area contributed by atoms with Gasteiger partial charge in [0, 0.05) is 10.5 Å². The molecular formula is C16H22BrNO2. The highest BCUT2D eigenvalue weighted by molar-refractivity contribution is 9.10. The summed E-state index contributed by atoms with van der Waals surface area (Å²) < 4.78 is 6.60. The van der Waals surface area contributed by atoms with Crippen LogP contribution in [0.25, 0.3) is 0 Å². The molecule has 0 unspecified atom stereocenters. The SMILES string of the molecule is CC(C)(C)OC(=O)[C@@H](c1cccc(Br)c1)[C@H]1CCCN1. The van der Waals surface area contributed by atoms with Crippen molar-refractivity contribution in [3.05, 3.63) is 34.3 Å². The maximum Gasteiger partial charge on any atom is 0.315 e. The van der Waals surface area contributed by atoms with Gasteiger partial charge in [-0.15, -0.1) is 0 Å².